The monoisotopic (exact) mass is 502 g/mol. The predicted octanol–water partition coefficient (Wildman–Crippen LogP) is 4.11. The van der Waals surface area contributed by atoms with Crippen LogP contribution in [0.2, 0.25) is 10.0 Å². The zero-order valence-corrected chi connectivity index (χ0v) is 21.2. The summed E-state index contributed by atoms with van der Waals surface area (Å²) in [5.74, 6) is 1.70. The van der Waals surface area contributed by atoms with Gasteiger partial charge in [0.05, 0.1) is 12.1 Å². The van der Waals surface area contributed by atoms with E-state index in [1.807, 2.05) is 23.1 Å². The lowest BCUT2D eigenvalue weighted by Gasteiger charge is -2.37. The molecular formula is C25H32Cl2N6O. The van der Waals surface area contributed by atoms with Crippen LogP contribution in [0.3, 0.4) is 0 Å². The molecule has 1 atom stereocenters. The van der Waals surface area contributed by atoms with Gasteiger partial charge in [0.25, 0.3) is 0 Å². The van der Waals surface area contributed by atoms with E-state index in [0.717, 1.165) is 68.2 Å². The molecule has 1 unspecified atom stereocenters. The number of aromatic nitrogens is 2. The van der Waals surface area contributed by atoms with Crippen molar-refractivity contribution in [2.45, 2.75) is 19.2 Å². The molecule has 0 saturated carbocycles. The minimum atomic E-state index is -0.728. The zero-order valence-electron chi connectivity index (χ0n) is 19.7. The van der Waals surface area contributed by atoms with Crippen molar-refractivity contribution in [3.05, 3.63) is 63.9 Å². The summed E-state index contributed by atoms with van der Waals surface area (Å²) in [5, 5.41) is 16.4. The molecule has 1 aromatic heterocycles. The fraction of sp³-hybridized carbons (Fsp3) is 0.440. The van der Waals surface area contributed by atoms with Crippen molar-refractivity contribution in [3.8, 4) is 0 Å². The van der Waals surface area contributed by atoms with Gasteiger partial charge >= 0.3 is 0 Å². The Hall–Kier alpha value is -2.00. The van der Waals surface area contributed by atoms with Gasteiger partial charge in [-0.1, -0.05) is 35.3 Å². The summed E-state index contributed by atoms with van der Waals surface area (Å²) in [6.45, 7) is 5.65. The predicted molar refractivity (Wildman–Crippen MR) is 139 cm³/mol. The van der Waals surface area contributed by atoms with Crippen molar-refractivity contribution < 1.29 is 5.11 Å². The molecule has 1 aliphatic rings. The molecule has 3 aromatic rings. The van der Waals surface area contributed by atoms with Crippen LogP contribution in [0.25, 0.3) is 10.9 Å². The number of nitrogens with one attached hydrogen (secondary N) is 1. The highest BCUT2D eigenvalue weighted by atomic mass is 35.5. The number of fused-ring (bicyclic) bond motifs is 1. The zero-order chi connectivity index (χ0) is 24.1. The minimum absolute atomic E-state index is 0.528. The molecule has 2 aromatic carbocycles. The number of halogens is 2. The molecule has 1 saturated heterocycles. The van der Waals surface area contributed by atoms with E-state index < -0.39 is 6.23 Å². The maximum Gasteiger partial charge on any atom is 0.145 e. The van der Waals surface area contributed by atoms with Crippen LogP contribution in [0, 0.1) is 0 Å². The first-order valence-corrected chi connectivity index (χ1v) is 12.4. The number of rotatable bonds is 9. The Labute approximate surface area is 211 Å². The summed E-state index contributed by atoms with van der Waals surface area (Å²) >= 11 is 12.2. The fourth-order valence-electron chi connectivity index (χ4n) is 4.23. The van der Waals surface area contributed by atoms with Crippen LogP contribution in [0.15, 0.2) is 42.5 Å². The van der Waals surface area contributed by atoms with Gasteiger partial charge in [0.15, 0.2) is 0 Å². The molecule has 34 heavy (non-hydrogen) atoms. The third-order valence-corrected chi connectivity index (χ3v) is 6.46. The van der Waals surface area contributed by atoms with E-state index in [-0.39, 0.29) is 0 Å². The van der Waals surface area contributed by atoms with Gasteiger partial charge in [-0.15, -0.1) is 0 Å². The SMILES string of the molecule is CN(C)CCCNc1nc(CN2CCN(C(O)c3cc(Cl)cc(Cl)c3)CC2)nc2ccccc12. The van der Waals surface area contributed by atoms with Crippen LogP contribution in [0.1, 0.15) is 24.0 Å². The number of piperazine rings is 1. The Morgan fingerprint density at radius 1 is 1.03 bits per heavy atom. The van der Waals surface area contributed by atoms with Crippen molar-refractivity contribution in [2.24, 2.45) is 0 Å². The lowest BCUT2D eigenvalue weighted by atomic mass is 10.1. The van der Waals surface area contributed by atoms with Gasteiger partial charge in [0.1, 0.15) is 17.9 Å². The van der Waals surface area contributed by atoms with Crippen LogP contribution in [-0.4, -0.2) is 83.1 Å². The molecule has 0 amide bonds. The molecule has 4 rings (SSSR count). The smallest absolute Gasteiger partial charge is 0.145 e. The maximum atomic E-state index is 10.8. The fourth-order valence-corrected chi connectivity index (χ4v) is 4.78. The van der Waals surface area contributed by atoms with E-state index in [9.17, 15) is 5.11 Å². The van der Waals surface area contributed by atoms with Gasteiger partial charge in [-0.3, -0.25) is 9.80 Å². The molecule has 1 fully saturated rings. The number of benzene rings is 2. The van der Waals surface area contributed by atoms with Crippen LogP contribution in [-0.2, 0) is 6.54 Å². The summed E-state index contributed by atoms with van der Waals surface area (Å²) in [7, 11) is 4.17. The van der Waals surface area contributed by atoms with Crippen molar-refractivity contribution in [3.63, 3.8) is 0 Å². The van der Waals surface area contributed by atoms with E-state index in [0.29, 0.717) is 22.2 Å². The normalized spacial score (nSPS) is 16.3. The molecule has 7 nitrogen and oxygen atoms in total. The Balaban J connectivity index is 1.39. The number of para-hydroxylation sites is 1. The topological polar surface area (TPSA) is 67.8 Å². The number of anilines is 1. The molecule has 0 aliphatic carbocycles. The molecule has 2 N–H and O–H groups in total. The Bertz CT molecular complexity index is 1080. The molecular weight excluding hydrogens is 471 g/mol. The highest BCUT2D eigenvalue weighted by Gasteiger charge is 2.24. The number of aliphatic hydroxyl groups is 1. The molecule has 1 aliphatic heterocycles. The van der Waals surface area contributed by atoms with Gasteiger partial charge in [-0.05, 0) is 63.0 Å². The van der Waals surface area contributed by atoms with Gasteiger partial charge in [0, 0.05) is 48.2 Å². The molecule has 2 heterocycles. The largest absolute Gasteiger partial charge is 0.374 e. The molecule has 182 valence electrons. The summed E-state index contributed by atoms with van der Waals surface area (Å²) < 4.78 is 0. The van der Waals surface area contributed by atoms with E-state index in [2.05, 4.69) is 35.3 Å². The Morgan fingerprint density at radius 3 is 2.44 bits per heavy atom. The molecule has 0 radical (unpaired) electrons. The lowest BCUT2D eigenvalue weighted by Crippen LogP contribution is -2.47. The van der Waals surface area contributed by atoms with Gasteiger partial charge in [-0.2, -0.15) is 0 Å². The first kappa shape index (κ1) is 25.1. The average Bonchev–Trinajstić information content (AvgIpc) is 2.81. The Morgan fingerprint density at radius 2 is 1.74 bits per heavy atom. The van der Waals surface area contributed by atoms with Crippen molar-refractivity contribution in [1.29, 1.82) is 0 Å². The highest BCUT2D eigenvalue weighted by molar-refractivity contribution is 6.34. The van der Waals surface area contributed by atoms with Crippen molar-refractivity contribution in [2.75, 3.05) is 58.7 Å². The second kappa shape index (κ2) is 11.6. The summed E-state index contributed by atoms with van der Waals surface area (Å²) in [5.41, 5.74) is 1.67. The molecule has 9 heteroatoms. The van der Waals surface area contributed by atoms with E-state index in [4.69, 9.17) is 33.2 Å². The third-order valence-electron chi connectivity index (χ3n) is 6.02. The van der Waals surface area contributed by atoms with Crippen molar-refractivity contribution >= 4 is 39.9 Å². The molecule has 0 bridgehead atoms. The van der Waals surface area contributed by atoms with Crippen LogP contribution in [0.4, 0.5) is 5.82 Å². The maximum absolute atomic E-state index is 10.8. The van der Waals surface area contributed by atoms with Crippen LogP contribution < -0.4 is 5.32 Å². The number of aliphatic hydroxyl groups excluding tert-OH is 1. The summed E-state index contributed by atoms with van der Waals surface area (Å²) in [6, 6.07) is 13.3. The first-order chi connectivity index (χ1) is 16.4. The number of nitrogens with zero attached hydrogens (tertiary/aromatic N) is 5. The number of hydrogen-bond acceptors (Lipinski definition) is 7. The van der Waals surface area contributed by atoms with Gasteiger partial charge < -0.3 is 15.3 Å². The van der Waals surface area contributed by atoms with E-state index in [1.165, 1.54) is 0 Å². The second-order valence-electron chi connectivity index (χ2n) is 8.98. The highest BCUT2D eigenvalue weighted by Crippen LogP contribution is 2.27. The van der Waals surface area contributed by atoms with E-state index in [1.54, 1.807) is 18.2 Å². The lowest BCUT2D eigenvalue weighted by molar-refractivity contribution is -0.0289. The van der Waals surface area contributed by atoms with Gasteiger partial charge in [0.2, 0.25) is 0 Å². The van der Waals surface area contributed by atoms with E-state index >= 15 is 0 Å². The summed E-state index contributed by atoms with van der Waals surface area (Å²) in [4.78, 5) is 16.2. The quantitative estimate of drug-likeness (QED) is 0.426. The first-order valence-electron chi connectivity index (χ1n) is 11.6. The van der Waals surface area contributed by atoms with Crippen molar-refractivity contribution in [1.82, 2.24) is 24.7 Å². The standard InChI is InChI=1S/C25H32Cl2N6O/c1-31(2)9-5-8-28-24-21-6-3-4-7-22(21)29-23(30-24)17-32-10-12-33(13-11-32)25(34)18-14-19(26)16-20(27)15-18/h3-4,6-7,14-16,25,34H,5,8-13,17H2,1-2H3,(H,28,29,30). The van der Waals surface area contributed by atoms with Crippen LogP contribution in [0.5, 0.6) is 0 Å². The van der Waals surface area contributed by atoms with Crippen LogP contribution >= 0.6 is 23.2 Å². The second-order valence-corrected chi connectivity index (χ2v) is 9.85. The molecule has 0 spiro atoms. The average molecular weight is 503 g/mol. The number of hydrogen-bond donors (Lipinski definition) is 2. The minimum Gasteiger partial charge on any atom is -0.374 e. The van der Waals surface area contributed by atoms with Gasteiger partial charge in [-0.25, -0.2) is 9.97 Å². The Kier molecular flexibility index (Phi) is 8.58. The summed E-state index contributed by atoms with van der Waals surface area (Å²) in [6.07, 6.45) is 0.316. The third kappa shape index (κ3) is 6.56.